The van der Waals surface area contributed by atoms with Crippen molar-refractivity contribution in [3.8, 4) is 12.1 Å². The third-order valence-corrected chi connectivity index (χ3v) is 3.55. The lowest BCUT2D eigenvalue weighted by Crippen LogP contribution is -2.33. The summed E-state index contributed by atoms with van der Waals surface area (Å²) in [5, 5.41) is 17.2. The summed E-state index contributed by atoms with van der Waals surface area (Å²) in [7, 11) is 0. The van der Waals surface area contributed by atoms with Crippen LogP contribution in [-0.2, 0) is 4.79 Å². The molecule has 1 amide bonds. The monoisotopic (exact) mass is 278 g/mol. The molecule has 0 saturated carbocycles. The van der Waals surface area contributed by atoms with E-state index >= 15 is 0 Å². The molecule has 0 rings (SSSR count). The van der Waals surface area contributed by atoms with Crippen LogP contribution in [0.1, 0.15) is 46.0 Å². The van der Waals surface area contributed by atoms with Gasteiger partial charge in [0.05, 0.1) is 25.0 Å². The highest BCUT2D eigenvalue weighted by Crippen LogP contribution is 2.21. The quantitative estimate of drug-likeness (QED) is 0.661. The van der Waals surface area contributed by atoms with E-state index in [2.05, 4.69) is 13.8 Å². The van der Waals surface area contributed by atoms with E-state index in [-0.39, 0.29) is 5.91 Å². The topological polar surface area (TPSA) is 93.9 Å². The minimum absolute atomic E-state index is 0.0400. The van der Waals surface area contributed by atoms with Crippen molar-refractivity contribution in [1.29, 1.82) is 10.5 Å². The predicted octanol–water partition coefficient (Wildman–Crippen LogP) is 2.04. The average Bonchev–Trinajstić information content (AvgIpc) is 2.43. The Bertz CT molecular complexity index is 336. The number of rotatable bonds is 10. The molecule has 2 N–H and O–H groups in total. The SMILES string of the molecule is CC(C)C(CCN)CCC(=O)N(CCC#N)CCC#N. The maximum Gasteiger partial charge on any atom is 0.222 e. The Balaban J connectivity index is 4.35. The number of carbonyl (C=O) groups is 1. The molecule has 0 bridgehead atoms. The molecule has 0 spiro atoms. The fourth-order valence-electron chi connectivity index (χ4n) is 2.22. The molecular weight excluding hydrogens is 252 g/mol. The summed E-state index contributed by atoms with van der Waals surface area (Å²) in [6.07, 6.45) is 2.85. The van der Waals surface area contributed by atoms with Crippen LogP contribution in [0.15, 0.2) is 0 Å². The highest BCUT2D eigenvalue weighted by Gasteiger charge is 2.17. The van der Waals surface area contributed by atoms with Crippen molar-refractivity contribution in [3.63, 3.8) is 0 Å². The van der Waals surface area contributed by atoms with Crippen LogP contribution < -0.4 is 5.73 Å². The lowest BCUT2D eigenvalue weighted by Gasteiger charge is -2.24. The van der Waals surface area contributed by atoms with Gasteiger partial charge < -0.3 is 10.6 Å². The van der Waals surface area contributed by atoms with E-state index in [0.717, 1.165) is 12.8 Å². The first-order chi connectivity index (χ1) is 9.56. The molecule has 0 saturated heterocycles. The number of hydrogen-bond acceptors (Lipinski definition) is 4. The lowest BCUT2D eigenvalue weighted by atomic mass is 9.88. The second kappa shape index (κ2) is 11.3. The highest BCUT2D eigenvalue weighted by atomic mass is 16.2. The van der Waals surface area contributed by atoms with Crippen LogP contribution in [0, 0.1) is 34.5 Å². The van der Waals surface area contributed by atoms with Crippen LogP contribution in [0.5, 0.6) is 0 Å². The molecular formula is C15H26N4O. The number of carbonyl (C=O) groups excluding carboxylic acids is 1. The highest BCUT2D eigenvalue weighted by molar-refractivity contribution is 5.76. The van der Waals surface area contributed by atoms with E-state index in [1.54, 1.807) is 4.90 Å². The first-order valence-electron chi connectivity index (χ1n) is 7.28. The summed E-state index contributed by atoms with van der Waals surface area (Å²) in [5.41, 5.74) is 5.60. The van der Waals surface area contributed by atoms with Crippen molar-refractivity contribution in [2.45, 2.75) is 46.0 Å². The molecule has 1 unspecified atom stereocenters. The smallest absolute Gasteiger partial charge is 0.222 e. The second-order valence-electron chi connectivity index (χ2n) is 5.32. The third-order valence-electron chi connectivity index (χ3n) is 3.55. The largest absolute Gasteiger partial charge is 0.341 e. The lowest BCUT2D eigenvalue weighted by molar-refractivity contribution is -0.131. The maximum atomic E-state index is 12.2. The Hall–Kier alpha value is -1.59. The van der Waals surface area contributed by atoms with E-state index < -0.39 is 0 Å². The summed E-state index contributed by atoms with van der Waals surface area (Å²) < 4.78 is 0. The molecule has 112 valence electrons. The standard InChI is InChI=1S/C15H26N4O/c1-13(2)14(7-10-18)5-6-15(20)19(11-3-8-16)12-4-9-17/h13-14H,3-7,10-12,18H2,1-2H3. The van der Waals surface area contributed by atoms with Crippen LogP contribution in [-0.4, -0.2) is 30.4 Å². The molecule has 5 heteroatoms. The Labute approximate surface area is 122 Å². The minimum atomic E-state index is 0.0400. The molecule has 0 aliphatic rings. The van der Waals surface area contributed by atoms with Gasteiger partial charge in [-0.25, -0.2) is 0 Å². The van der Waals surface area contributed by atoms with Gasteiger partial charge in [0.1, 0.15) is 0 Å². The molecule has 0 aliphatic heterocycles. The zero-order valence-corrected chi connectivity index (χ0v) is 12.6. The first kappa shape index (κ1) is 18.4. The van der Waals surface area contributed by atoms with Crippen LogP contribution >= 0.6 is 0 Å². The number of nitriles is 2. The number of amides is 1. The number of nitrogens with zero attached hydrogens (tertiary/aromatic N) is 3. The van der Waals surface area contributed by atoms with Gasteiger partial charge in [-0.15, -0.1) is 0 Å². The normalized spacial score (nSPS) is 11.7. The Morgan fingerprint density at radius 1 is 1.15 bits per heavy atom. The molecule has 0 fully saturated rings. The van der Waals surface area contributed by atoms with Gasteiger partial charge in [-0.2, -0.15) is 10.5 Å². The Morgan fingerprint density at radius 3 is 2.10 bits per heavy atom. The van der Waals surface area contributed by atoms with Gasteiger partial charge >= 0.3 is 0 Å². The summed E-state index contributed by atoms with van der Waals surface area (Å²) in [6.45, 7) is 5.77. The van der Waals surface area contributed by atoms with Crippen molar-refractivity contribution in [2.24, 2.45) is 17.6 Å². The molecule has 5 nitrogen and oxygen atoms in total. The van der Waals surface area contributed by atoms with Crippen LogP contribution in [0.25, 0.3) is 0 Å². The van der Waals surface area contributed by atoms with Crippen molar-refractivity contribution >= 4 is 5.91 Å². The van der Waals surface area contributed by atoms with Gasteiger partial charge in [0.25, 0.3) is 0 Å². The van der Waals surface area contributed by atoms with Gasteiger partial charge in [-0.3, -0.25) is 4.79 Å². The Kier molecular flexibility index (Phi) is 10.4. The zero-order chi connectivity index (χ0) is 15.4. The van der Waals surface area contributed by atoms with E-state index in [1.165, 1.54) is 0 Å². The average molecular weight is 278 g/mol. The van der Waals surface area contributed by atoms with E-state index in [9.17, 15) is 4.79 Å². The van der Waals surface area contributed by atoms with Crippen LogP contribution in [0.2, 0.25) is 0 Å². The van der Waals surface area contributed by atoms with Crippen LogP contribution in [0.3, 0.4) is 0 Å². The summed E-state index contributed by atoms with van der Waals surface area (Å²) in [4.78, 5) is 13.8. The molecule has 0 heterocycles. The Morgan fingerprint density at radius 2 is 1.70 bits per heavy atom. The molecule has 20 heavy (non-hydrogen) atoms. The van der Waals surface area contributed by atoms with Crippen molar-refractivity contribution < 1.29 is 4.79 Å². The molecule has 0 aromatic rings. The molecule has 0 aliphatic carbocycles. The summed E-state index contributed by atoms with van der Waals surface area (Å²) >= 11 is 0. The van der Waals surface area contributed by atoms with E-state index in [1.807, 2.05) is 12.1 Å². The summed E-state index contributed by atoms with van der Waals surface area (Å²) in [6, 6.07) is 4.08. The van der Waals surface area contributed by atoms with Crippen molar-refractivity contribution in [3.05, 3.63) is 0 Å². The molecule has 0 aromatic heterocycles. The van der Waals surface area contributed by atoms with E-state index in [4.69, 9.17) is 16.3 Å². The van der Waals surface area contributed by atoms with Gasteiger partial charge in [0, 0.05) is 19.5 Å². The zero-order valence-electron chi connectivity index (χ0n) is 12.6. The fraction of sp³-hybridized carbons (Fsp3) is 0.800. The van der Waals surface area contributed by atoms with E-state index in [0.29, 0.717) is 50.7 Å². The fourth-order valence-corrected chi connectivity index (χ4v) is 2.22. The third kappa shape index (κ3) is 7.76. The number of hydrogen-bond donors (Lipinski definition) is 1. The van der Waals surface area contributed by atoms with Crippen molar-refractivity contribution in [1.82, 2.24) is 4.90 Å². The van der Waals surface area contributed by atoms with Gasteiger partial charge in [-0.1, -0.05) is 13.8 Å². The van der Waals surface area contributed by atoms with Gasteiger partial charge in [-0.05, 0) is 31.2 Å². The molecule has 0 radical (unpaired) electrons. The molecule has 1 atom stereocenters. The summed E-state index contributed by atoms with van der Waals surface area (Å²) in [5.74, 6) is 1.01. The molecule has 0 aromatic carbocycles. The predicted molar refractivity (Wildman–Crippen MR) is 78.3 cm³/mol. The van der Waals surface area contributed by atoms with Crippen molar-refractivity contribution in [2.75, 3.05) is 19.6 Å². The van der Waals surface area contributed by atoms with Crippen LogP contribution in [0.4, 0.5) is 0 Å². The minimum Gasteiger partial charge on any atom is -0.341 e. The second-order valence-corrected chi connectivity index (χ2v) is 5.32. The van der Waals surface area contributed by atoms with Gasteiger partial charge in [0.15, 0.2) is 0 Å². The maximum absolute atomic E-state index is 12.2. The number of nitrogens with two attached hydrogens (primary N) is 1. The van der Waals surface area contributed by atoms with Gasteiger partial charge in [0.2, 0.25) is 5.91 Å². The first-order valence-corrected chi connectivity index (χ1v) is 7.28.